The number of rotatable bonds is 8. The summed E-state index contributed by atoms with van der Waals surface area (Å²) in [5.74, 6) is 0.432. The van der Waals surface area contributed by atoms with E-state index in [1.165, 1.54) is 29.3 Å². The monoisotopic (exact) mass is 475 g/mol. The molecular formula is C25H28F3N3O3. The van der Waals surface area contributed by atoms with Crippen molar-refractivity contribution in [2.75, 3.05) is 13.2 Å². The molecule has 0 aromatic heterocycles. The molecule has 34 heavy (non-hydrogen) atoms. The van der Waals surface area contributed by atoms with Gasteiger partial charge in [-0.1, -0.05) is 37.3 Å². The van der Waals surface area contributed by atoms with Crippen LogP contribution in [0.5, 0.6) is 11.5 Å². The van der Waals surface area contributed by atoms with Gasteiger partial charge in [-0.15, -0.1) is 13.2 Å². The molecule has 182 valence electrons. The number of para-hydroxylation sites is 1. The minimum atomic E-state index is -4.75. The van der Waals surface area contributed by atoms with Gasteiger partial charge in [-0.05, 0) is 61.1 Å². The van der Waals surface area contributed by atoms with Crippen LogP contribution < -0.4 is 9.47 Å². The second-order valence-corrected chi connectivity index (χ2v) is 7.82. The van der Waals surface area contributed by atoms with Gasteiger partial charge in [0.05, 0.1) is 6.04 Å². The number of amides is 2. The molecule has 0 N–H and O–H groups in total. The molecule has 9 heteroatoms. The van der Waals surface area contributed by atoms with Crippen LogP contribution in [0, 0.1) is 0 Å². The van der Waals surface area contributed by atoms with E-state index in [1.54, 1.807) is 11.1 Å². The standard InChI is InChI=1S/C25H28F3N3O3/c1-3-19(20-12-14-23(15-13-20)34-25(26,27)28)17-31(29-2)24(32)30-16-8-7-9-21(30)18-33-22-10-5-4-6-11-22/h4-6,10-15,17,21H,2-3,7-9,16,18H2,1H3/b19-17+. The van der Waals surface area contributed by atoms with Gasteiger partial charge in [0.15, 0.2) is 0 Å². The highest BCUT2D eigenvalue weighted by atomic mass is 19.4. The Balaban J connectivity index is 1.73. The molecule has 1 aliphatic heterocycles. The number of alkyl halides is 3. The van der Waals surface area contributed by atoms with Crippen molar-refractivity contribution < 1.29 is 27.4 Å². The second kappa shape index (κ2) is 11.6. The SMILES string of the molecule is C=NN(/C=C(\CC)c1ccc(OC(F)(F)F)cc1)C(=O)N1CCCCC1COc1ccccc1. The summed E-state index contributed by atoms with van der Waals surface area (Å²) < 4.78 is 47.1. The lowest BCUT2D eigenvalue weighted by Crippen LogP contribution is -2.50. The summed E-state index contributed by atoms with van der Waals surface area (Å²) in [6, 6.07) is 14.5. The summed E-state index contributed by atoms with van der Waals surface area (Å²) >= 11 is 0. The van der Waals surface area contributed by atoms with Gasteiger partial charge in [0.25, 0.3) is 0 Å². The molecule has 1 aliphatic rings. The molecule has 2 aromatic rings. The lowest BCUT2D eigenvalue weighted by atomic mass is 10.0. The average Bonchev–Trinajstić information content (AvgIpc) is 2.84. The molecule has 0 radical (unpaired) electrons. The number of allylic oxidation sites excluding steroid dienone is 1. The van der Waals surface area contributed by atoms with Crippen LogP contribution in [0.25, 0.3) is 5.57 Å². The zero-order chi connectivity index (χ0) is 24.6. The maximum atomic E-state index is 13.3. The van der Waals surface area contributed by atoms with Crippen LogP contribution in [0.1, 0.15) is 38.2 Å². The number of urea groups is 1. The lowest BCUT2D eigenvalue weighted by molar-refractivity contribution is -0.274. The molecule has 1 unspecified atom stereocenters. The van der Waals surface area contributed by atoms with Gasteiger partial charge in [0.1, 0.15) is 18.1 Å². The number of carbonyl (C=O) groups excluding carboxylic acids is 1. The van der Waals surface area contributed by atoms with Crippen LogP contribution in [0.15, 0.2) is 65.9 Å². The highest BCUT2D eigenvalue weighted by molar-refractivity contribution is 5.78. The van der Waals surface area contributed by atoms with Gasteiger partial charge in [-0.3, -0.25) is 0 Å². The van der Waals surface area contributed by atoms with Crippen molar-refractivity contribution >= 4 is 18.3 Å². The number of hydrazone groups is 1. The molecule has 2 aromatic carbocycles. The molecule has 0 aliphatic carbocycles. The second-order valence-electron chi connectivity index (χ2n) is 7.82. The smallest absolute Gasteiger partial charge is 0.491 e. The van der Waals surface area contributed by atoms with Crippen molar-refractivity contribution in [3.05, 3.63) is 66.4 Å². The normalized spacial score (nSPS) is 16.6. The van der Waals surface area contributed by atoms with E-state index in [2.05, 4.69) is 16.6 Å². The fourth-order valence-corrected chi connectivity index (χ4v) is 3.81. The van der Waals surface area contributed by atoms with Crippen molar-refractivity contribution in [3.8, 4) is 11.5 Å². The molecular weight excluding hydrogens is 447 g/mol. The van der Waals surface area contributed by atoms with Crippen LogP contribution >= 0.6 is 0 Å². The van der Waals surface area contributed by atoms with Crippen LogP contribution in [0.2, 0.25) is 0 Å². The maximum absolute atomic E-state index is 13.3. The number of hydrogen-bond donors (Lipinski definition) is 0. The Morgan fingerprint density at radius 3 is 2.47 bits per heavy atom. The first-order valence-electron chi connectivity index (χ1n) is 11.1. The summed E-state index contributed by atoms with van der Waals surface area (Å²) in [6.07, 6.45) is 0.0305. The van der Waals surface area contributed by atoms with Crippen LogP contribution in [-0.4, -0.2) is 48.2 Å². The van der Waals surface area contributed by atoms with Crippen molar-refractivity contribution in [1.29, 1.82) is 0 Å². The summed E-state index contributed by atoms with van der Waals surface area (Å²) in [6.45, 7) is 6.37. The molecule has 6 nitrogen and oxygen atoms in total. The molecule has 1 atom stereocenters. The van der Waals surface area contributed by atoms with Crippen LogP contribution in [0.3, 0.4) is 0 Å². The summed E-state index contributed by atoms with van der Waals surface area (Å²) in [4.78, 5) is 15.1. The van der Waals surface area contributed by atoms with Gasteiger partial charge in [0, 0.05) is 19.5 Å². The van der Waals surface area contributed by atoms with Gasteiger partial charge in [-0.2, -0.15) is 10.1 Å². The summed E-state index contributed by atoms with van der Waals surface area (Å²) in [5.41, 5.74) is 1.37. The van der Waals surface area contributed by atoms with E-state index in [0.717, 1.165) is 25.0 Å². The van der Waals surface area contributed by atoms with Crippen LogP contribution in [0.4, 0.5) is 18.0 Å². The molecule has 0 bridgehead atoms. The average molecular weight is 476 g/mol. The van der Waals surface area contributed by atoms with Gasteiger partial charge in [0.2, 0.25) is 0 Å². The number of nitrogens with zero attached hydrogens (tertiary/aromatic N) is 3. The first-order chi connectivity index (χ1) is 16.3. The summed E-state index contributed by atoms with van der Waals surface area (Å²) in [7, 11) is 0. The fourth-order valence-electron chi connectivity index (χ4n) is 3.81. The number of likely N-dealkylation sites (tertiary alicyclic amines) is 1. The number of piperidine rings is 1. The Morgan fingerprint density at radius 1 is 1.15 bits per heavy atom. The minimum Gasteiger partial charge on any atom is -0.491 e. The zero-order valence-corrected chi connectivity index (χ0v) is 19.0. The first-order valence-corrected chi connectivity index (χ1v) is 11.1. The maximum Gasteiger partial charge on any atom is 0.573 e. The fraction of sp³-hybridized carbons (Fsp3) is 0.360. The Kier molecular flexibility index (Phi) is 8.56. The van der Waals surface area contributed by atoms with Crippen molar-refractivity contribution in [2.45, 2.75) is 45.0 Å². The van der Waals surface area contributed by atoms with E-state index in [9.17, 15) is 18.0 Å². The number of carbonyl (C=O) groups is 1. The highest BCUT2D eigenvalue weighted by Crippen LogP contribution is 2.27. The largest absolute Gasteiger partial charge is 0.573 e. The Hall–Kier alpha value is -3.49. The molecule has 3 rings (SSSR count). The number of benzene rings is 2. The zero-order valence-electron chi connectivity index (χ0n) is 19.0. The van der Waals surface area contributed by atoms with E-state index >= 15 is 0 Å². The third-order valence-electron chi connectivity index (χ3n) is 5.52. The van der Waals surface area contributed by atoms with E-state index < -0.39 is 6.36 Å². The van der Waals surface area contributed by atoms with Gasteiger partial charge in [-0.25, -0.2) is 4.79 Å². The van der Waals surface area contributed by atoms with E-state index in [-0.39, 0.29) is 17.8 Å². The van der Waals surface area contributed by atoms with Gasteiger partial charge < -0.3 is 14.4 Å². The predicted molar refractivity (Wildman–Crippen MR) is 124 cm³/mol. The molecule has 0 saturated carbocycles. The lowest BCUT2D eigenvalue weighted by Gasteiger charge is -2.36. The predicted octanol–water partition coefficient (Wildman–Crippen LogP) is 6.31. The quantitative estimate of drug-likeness (QED) is 0.332. The van der Waals surface area contributed by atoms with Crippen molar-refractivity contribution in [1.82, 2.24) is 9.91 Å². The van der Waals surface area contributed by atoms with Crippen LogP contribution in [-0.2, 0) is 0 Å². The number of halogens is 3. The molecule has 2 amide bonds. The first kappa shape index (κ1) is 25.1. The Bertz CT molecular complexity index is 978. The Morgan fingerprint density at radius 2 is 1.85 bits per heavy atom. The third-order valence-corrected chi connectivity index (χ3v) is 5.52. The minimum absolute atomic E-state index is 0.108. The van der Waals surface area contributed by atoms with E-state index in [0.29, 0.717) is 30.7 Å². The van der Waals surface area contributed by atoms with Crippen molar-refractivity contribution in [2.24, 2.45) is 5.10 Å². The number of ether oxygens (including phenoxy) is 2. The Labute approximate surface area is 197 Å². The third kappa shape index (κ3) is 7.00. The highest BCUT2D eigenvalue weighted by Gasteiger charge is 2.31. The number of hydrogen-bond acceptors (Lipinski definition) is 4. The topological polar surface area (TPSA) is 54.4 Å². The molecule has 1 heterocycles. The van der Waals surface area contributed by atoms with Crippen molar-refractivity contribution in [3.63, 3.8) is 0 Å². The summed E-state index contributed by atoms with van der Waals surface area (Å²) in [5, 5.41) is 5.08. The molecule has 1 fully saturated rings. The van der Waals surface area contributed by atoms with E-state index in [4.69, 9.17) is 4.74 Å². The van der Waals surface area contributed by atoms with Gasteiger partial charge >= 0.3 is 12.4 Å². The van der Waals surface area contributed by atoms with E-state index in [1.807, 2.05) is 37.3 Å². The molecule has 1 saturated heterocycles. The molecule has 0 spiro atoms.